The van der Waals surface area contributed by atoms with Crippen molar-refractivity contribution in [2.24, 2.45) is 5.92 Å². The van der Waals surface area contributed by atoms with Gasteiger partial charge in [0, 0.05) is 38.3 Å². The lowest BCUT2D eigenvalue weighted by molar-refractivity contribution is 0.0611. The van der Waals surface area contributed by atoms with Crippen LogP contribution in [0.25, 0.3) is 11.0 Å². The summed E-state index contributed by atoms with van der Waals surface area (Å²) in [6.07, 6.45) is 8.32. The molecule has 0 spiro atoms. The van der Waals surface area contributed by atoms with Crippen LogP contribution in [0.4, 0.5) is 0 Å². The second-order valence-electron chi connectivity index (χ2n) is 10.1. The van der Waals surface area contributed by atoms with Gasteiger partial charge in [0.15, 0.2) is 0 Å². The van der Waals surface area contributed by atoms with Crippen molar-refractivity contribution in [1.82, 2.24) is 13.9 Å². The number of fused-ring (bicyclic) bond motifs is 1. The van der Waals surface area contributed by atoms with E-state index in [2.05, 4.69) is 41.8 Å². The number of benzene rings is 1. The molecule has 1 unspecified atom stereocenters. The lowest BCUT2D eigenvalue weighted by Crippen LogP contribution is -2.34. The Hall–Kier alpha value is -1.24. The number of hydrogen-bond acceptors (Lipinski definition) is 3. The van der Waals surface area contributed by atoms with E-state index in [1.54, 1.807) is 0 Å². The van der Waals surface area contributed by atoms with E-state index in [1.807, 2.05) is 13.1 Å². The molecule has 1 aromatic carbocycles. The molecule has 0 N–H and O–H groups in total. The molecule has 1 aliphatic carbocycles. The molecule has 2 aromatic rings. The van der Waals surface area contributed by atoms with Crippen LogP contribution in [0, 0.1) is 5.92 Å². The van der Waals surface area contributed by atoms with Crippen LogP contribution in [-0.4, -0.2) is 44.4 Å². The normalized spacial score (nSPS) is 20.8. The van der Waals surface area contributed by atoms with Gasteiger partial charge in [-0.15, -0.1) is 0 Å². The summed E-state index contributed by atoms with van der Waals surface area (Å²) in [5.74, 6) is 1.75. The van der Waals surface area contributed by atoms with E-state index in [9.17, 15) is 4.21 Å². The first-order valence-electron chi connectivity index (χ1n) is 11.6. The number of nitrogens with zero attached hydrogens (tertiary/aromatic N) is 3. The lowest BCUT2D eigenvalue weighted by atomic mass is 9.94. The summed E-state index contributed by atoms with van der Waals surface area (Å²) in [5, 5.41) is 0. The van der Waals surface area contributed by atoms with Gasteiger partial charge in [0.25, 0.3) is 0 Å². The molecule has 1 saturated carbocycles. The van der Waals surface area contributed by atoms with E-state index in [-0.39, 0.29) is 5.41 Å². The molecule has 30 heavy (non-hydrogen) atoms. The molecule has 2 fully saturated rings. The number of hydrogen-bond donors (Lipinski definition) is 0. The molecule has 0 radical (unpaired) electrons. The number of aromatic nitrogens is 2. The third kappa shape index (κ3) is 4.66. The van der Waals surface area contributed by atoms with Crippen LogP contribution in [0.1, 0.15) is 71.5 Å². The van der Waals surface area contributed by atoms with E-state index in [0.717, 1.165) is 67.2 Å². The maximum Gasteiger partial charge on any atom is 0.127 e. The van der Waals surface area contributed by atoms with Crippen molar-refractivity contribution >= 4 is 22.0 Å². The molecule has 0 bridgehead atoms. The van der Waals surface area contributed by atoms with Gasteiger partial charge in [-0.05, 0) is 49.8 Å². The molecule has 2 aliphatic rings. The highest BCUT2D eigenvalue weighted by molar-refractivity contribution is 7.82. The molecule has 2 heterocycles. The van der Waals surface area contributed by atoms with Gasteiger partial charge < -0.3 is 9.30 Å². The average molecular weight is 432 g/mol. The Morgan fingerprint density at radius 3 is 2.50 bits per heavy atom. The van der Waals surface area contributed by atoms with Crippen LogP contribution in [0.15, 0.2) is 23.1 Å². The Balaban J connectivity index is 1.64. The first-order chi connectivity index (χ1) is 14.3. The summed E-state index contributed by atoms with van der Waals surface area (Å²) in [4.78, 5) is 5.91. The third-order valence-electron chi connectivity index (χ3n) is 6.72. The zero-order valence-corrected chi connectivity index (χ0v) is 19.8. The molecule has 1 aromatic heterocycles. The zero-order valence-electron chi connectivity index (χ0n) is 19.0. The molecule has 1 aliphatic heterocycles. The maximum absolute atomic E-state index is 13.3. The molecule has 6 heteroatoms. The fourth-order valence-corrected chi connectivity index (χ4v) is 6.12. The Kier molecular flexibility index (Phi) is 6.66. The Morgan fingerprint density at radius 2 is 1.83 bits per heavy atom. The minimum Gasteiger partial charge on any atom is -0.381 e. The van der Waals surface area contributed by atoms with Gasteiger partial charge in [-0.2, -0.15) is 0 Å². The summed E-state index contributed by atoms with van der Waals surface area (Å²) in [7, 11) is 0.876. The monoisotopic (exact) mass is 431 g/mol. The predicted octanol–water partition coefficient (Wildman–Crippen LogP) is 5.05. The van der Waals surface area contributed by atoms with Crippen molar-refractivity contribution in [3.8, 4) is 0 Å². The number of imidazole rings is 1. The third-order valence-corrected chi connectivity index (χ3v) is 8.20. The Morgan fingerprint density at radius 1 is 1.13 bits per heavy atom. The fourth-order valence-electron chi connectivity index (χ4n) is 4.91. The first kappa shape index (κ1) is 22.0. The minimum atomic E-state index is -1.14. The van der Waals surface area contributed by atoms with Gasteiger partial charge in [-0.25, -0.2) is 13.5 Å². The minimum absolute atomic E-state index is 0.0393. The molecular weight excluding hydrogens is 394 g/mol. The van der Waals surface area contributed by atoms with Crippen molar-refractivity contribution in [3.63, 3.8) is 0 Å². The van der Waals surface area contributed by atoms with Crippen molar-refractivity contribution in [1.29, 1.82) is 0 Å². The second-order valence-corrected chi connectivity index (χ2v) is 11.6. The predicted molar refractivity (Wildman–Crippen MR) is 123 cm³/mol. The van der Waals surface area contributed by atoms with Crippen molar-refractivity contribution < 1.29 is 8.95 Å². The molecule has 166 valence electrons. The highest BCUT2D eigenvalue weighted by atomic mass is 32.2. The maximum atomic E-state index is 13.3. The fraction of sp³-hybridized carbons (Fsp3) is 0.708. The van der Waals surface area contributed by atoms with Crippen LogP contribution < -0.4 is 0 Å². The van der Waals surface area contributed by atoms with Crippen molar-refractivity contribution in [3.05, 3.63) is 24.0 Å². The Bertz CT molecular complexity index is 890. The van der Waals surface area contributed by atoms with Crippen LogP contribution in [0.5, 0.6) is 0 Å². The molecule has 1 saturated heterocycles. The number of ether oxygens (including phenoxy) is 1. The van der Waals surface area contributed by atoms with Gasteiger partial charge in [-0.1, -0.05) is 40.0 Å². The van der Waals surface area contributed by atoms with E-state index >= 15 is 0 Å². The highest BCUT2D eigenvalue weighted by Crippen LogP contribution is 2.31. The number of rotatable bonds is 5. The van der Waals surface area contributed by atoms with Crippen molar-refractivity contribution in [2.75, 3.05) is 20.3 Å². The summed E-state index contributed by atoms with van der Waals surface area (Å²) >= 11 is 0. The summed E-state index contributed by atoms with van der Waals surface area (Å²) < 4.78 is 23.3. The van der Waals surface area contributed by atoms with Crippen LogP contribution >= 0.6 is 0 Å². The van der Waals surface area contributed by atoms with Crippen LogP contribution in [-0.2, 0) is 27.7 Å². The molecule has 4 rings (SSSR count). The van der Waals surface area contributed by atoms with E-state index in [0.29, 0.717) is 12.0 Å². The van der Waals surface area contributed by atoms with Crippen molar-refractivity contribution in [2.45, 2.75) is 88.6 Å². The van der Waals surface area contributed by atoms with Gasteiger partial charge in [-0.3, -0.25) is 0 Å². The first-order valence-corrected chi connectivity index (χ1v) is 12.7. The lowest BCUT2D eigenvalue weighted by Gasteiger charge is -2.29. The largest absolute Gasteiger partial charge is 0.381 e. The van der Waals surface area contributed by atoms with Gasteiger partial charge in [0.05, 0.1) is 15.9 Å². The van der Waals surface area contributed by atoms with Gasteiger partial charge in [0.1, 0.15) is 16.8 Å². The molecule has 5 nitrogen and oxygen atoms in total. The summed E-state index contributed by atoms with van der Waals surface area (Å²) in [6.45, 7) is 9.38. The molecular formula is C24H37N3O2S. The summed E-state index contributed by atoms with van der Waals surface area (Å²) in [6, 6.07) is 6.66. The van der Waals surface area contributed by atoms with Crippen LogP contribution in [0.3, 0.4) is 0 Å². The standard InChI is InChI=1S/C24H37N3O2S/c1-24(2,3)23-25-21-16-20(30(28)26(4)19-8-6-5-7-9-19)10-11-22(21)27(23)17-18-12-14-29-15-13-18/h10-11,16,18-19H,5-9,12-15,17H2,1-4H3. The van der Waals surface area contributed by atoms with Gasteiger partial charge in [0.2, 0.25) is 0 Å². The zero-order chi connectivity index (χ0) is 21.3. The molecule has 1 atom stereocenters. The molecule has 0 amide bonds. The van der Waals surface area contributed by atoms with Gasteiger partial charge >= 0.3 is 0 Å². The quantitative estimate of drug-likeness (QED) is 0.666. The van der Waals surface area contributed by atoms with E-state index in [1.165, 1.54) is 19.3 Å². The smallest absolute Gasteiger partial charge is 0.127 e. The van der Waals surface area contributed by atoms with E-state index < -0.39 is 11.0 Å². The second kappa shape index (κ2) is 9.09. The van der Waals surface area contributed by atoms with E-state index in [4.69, 9.17) is 9.72 Å². The van der Waals surface area contributed by atoms with Crippen LogP contribution in [0.2, 0.25) is 0 Å². The summed E-state index contributed by atoms with van der Waals surface area (Å²) in [5.41, 5.74) is 2.09. The highest BCUT2D eigenvalue weighted by Gasteiger charge is 2.27. The topological polar surface area (TPSA) is 47.4 Å². The average Bonchev–Trinajstić information content (AvgIpc) is 3.12. The SMILES string of the molecule is CN(C1CCCCC1)S(=O)c1ccc2c(c1)nc(C(C)(C)C)n2CC1CCOCC1. The Labute approximate surface area is 183 Å².